The second-order valence-electron chi connectivity index (χ2n) is 6.08. The number of amides is 3. The van der Waals surface area contributed by atoms with Gasteiger partial charge in [0.2, 0.25) is 5.91 Å². The summed E-state index contributed by atoms with van der Waals surface area (Å²) in [4.78, 5) is 37.8. The largest absolute Gasteiger partial charge is 0.466 e. The first kappa shape index (κ1) is 16.1. The Labute approximate surface area is 139 Å². The van der Waals surface area contributed by atoms with Crippen molar-refractivity contribution in [3.8, 4) is 0 Å². The van der Waals surface area contributed by atoms with E-state index in [-0.39, 0.29) is 34.9 Å². The summed E-state index contributed by atoms with van der Waals surface area (Å²) in [5.74, 6) is 1.12. The molecule has 2 heterocycles. The Balaban J connectivity index is 1.76. The smallest absolute Gasteiger partial charge is 0.289 e. The van der Waals surface area contributed by atoms with Crippen LogP contribution in [-0.4, -0.2) is 39.8 Å². The third-order valence-electron chi connectivity index (χ3n) is 4.45. The molecule has 23 heavy (non-hydrogen) atoms. The molecule has 0 aromatic carbocycles. The minimum absolute atomic E-state index is 0.151. The van der Waals surface area contributed by atoms with Gasteiger partial charge in [0.1, 0.15) is 11.5 Å². The van der Waals surface area contributed by atoms with E-state index in [2.05, 4.69) is 5.32 Å². The average molecular weight is 336 g/mol. The van der Waals surface area contributed by atoms with E-state index in [0.717, 1.165) is 37.4 Å². The molecule has 3 amide bonds. The summed E-state index contributed by atoms with van der Waals surface area (Å²) in [6, 6.07) is 1.28. The lowest BCUT2D eigenvalue weighted by Gasteiger charge is -2.36. The molecule has 1 aromatic heterocycles. The molecule has 1 saturated heterocycles. The summed E-state index contributed by atoms with van der Waals surface area (Å²) in [5.41, 5.74) is 0.514. The monoisotopic (exact) mass is 336 g/mol. The van der Waals surface area contributed by atoms with Crippen molar-refractivity contribution in [2.75, 3.05) is 5.75 Å². The molecular weight excluding hydrogens is 316 g/mol. The maximum atomic E-state index is 12.5. The molecule has 1 saturated carbocycles. The fourth-order valence-electron chi connectivity index (χ4n) is 3.38. The number of carbonyl (C=O) groups is 3. The molecule has 2 atom stereocenters. The van der Waals surface area contributed by atoms with E-state index in [1.165, 1.54) is 4.90 Å². The fraction of sp³-hybridized carbons (Fsp3) is 0.562. The SMILES string of the molecule is Cc1cc(C(=O)N[C@@H]2CCCC[C@H]2N2C(=O)CSC2=O)c(C)o1. The van der Waals surface area contributed by atoms with Crippen molar-refractivity contribution in [3.63, 3.8) is 0 Å². The van der Waals surface area contributed by atoms with E-state index < -0.39 is 0 Å². The lowest BCUT2D eigenvalue weighted by Crippen LogP contribution is -2.54. The Morgan fingerprint density at radius 1 is 1.30 bits per heavy atom. The summed E-state index contributed by atoms with van der Waals surface area (Å²) in [7, 11) is 0. The topological polar surface area (TPSA) is 79.6 Å². The average Bonchev–Trinajstić information content (AvgIpc) is 3.02. The third kappa shape index (κ3) is 3.15. The van der Waals surface area contributed by atoms with Crippen LogP contribution < -0.4 is 5.32 Å². The highest BCUT2D eigenvalue weighted by molar-refractivity contribution is 8.14. The van der Waals surface area contributed by atoms with E-state index >= 15 is 0 Å². The van der Waals surface area contributed by atoms with Crippen molar-refractivity contribution < 1.29 is 18.8 Å². The van der Waals surface area contributed by atoms with E-state index in [4.69, 9.17) is 4.42 Å². The molecule has 1 aromatic rings. The molecule has 2 fully saturated rings. The number of nitrogens with one attached hydrogen (secondary N) is 1. The normalized spacial score (nSPS) is 25.0. The van der Waals surface area contributed by atoms with Crippen LogP contribution in [0.2, 0.25) is 0 Å². The zero-order chi connectivity index (χ0) is 16.6. The zero-order valence-electron chi connectivity index (χ0n) is 13.3. The van der Waals surface area contributed by atoms with Crippen LogP contribution in [0, 0.1) is 13.8 Å². The number of hydrogen-bond donors (Lipinski definition) is 1. The molecule has 0 spiro atoms. The van der Waals surface area contributed by atoms with Crippen LogP contribution in [0.1, 0.15) is 47.6 Å². The first-order valence-electron chi connectivity index (χ1n) is 7.84. The number of rotatable bonds is 3. The van der Waals surface area contributed by atoms with Crippen molar-refractivity contribution in [3.05, 3.63) is 23.2 Å². The highest BCUT2D eigenvalue weighted by atomic mass is 32.2. The number of carbonyl (C=O) groups excluding carboxylic acids is 3. The molecule has 124 valence electrons. The standard InChI is InChI=1S/C16H20N2O4S/c1-9-7-11(10(2)22-9)15(20)17-12-5-3-4-6-13(12)18-14(19)8-23-16(18)21/h7,12-13H,3-6,8H2,1-2H3,(H,17,20)/t12-,13-/m1/s1. The van der Waals surface area contributed by atoms with Crippen molar-refractivity contribution in [1.82, 2.24) is 10.2 Å². The van der Waals surface area contributed by atoms with Crippen molar-refractivity contribution in [2.24, 2.45) is 0 Å². The predicted molar refractivity (Wildman–Crippen MR) is 86.4 cm³/mol. The van der Waals surface area contributed by atoms with Gasteiger partial charge in [-0.05, 0) is 32.8 Å². The van der Waals surface area contributed by atoms with E-state index in [9.17, 15) is 14.4 Å². The van der Waals surface area contributed by atoms with Crippen molar-refractivity contribution >= 4 is 28.8 Å². The minimum atomic E-state index is -0.240. The van der Waals surface area contributed by atoms with Crippen LogP contribution in [0.15, 0.2) is 10.5 Å². The molecule has 1 N–H and O–H groups in total. The molecule has 1 aliphatic carbocycles. The van der Waals surface area contributed by atoms with E-state index in [1.54, 1.807) is 19.9 Å². The first-order chi connectivity index (χ1) is 11.0. The van der Waals surface area contributed by atoms with Gasteiger partial charge in [-0.1, -0.05) is 24.6 Å². The number of hydrogen-bond acceptors (Lipinski definition) is 5. The third-order valence-corrected chi connectivity index (χ3v) is 5.28. The van der Waals surface area contributed by atoms with Gasteiger partial charge in [0.05, 0.1) is 23.4 Å². The number of imide groups is 1. The Morgan fingerprint density at radius 2 is 2.04 bits per heavy atom. The van der Waals surface area contributed by atoms with Gasteiger partial charge in [-0.3, -0.25) is 19.3 Å². The lowest BCUT2D eigenvalue weighted by atomic mass is 9.89. The number of thioether (sulfide) groups is 1. The summed E-state index contributed by atoms with van der Waals surface area (Å²) in [6.07, 6.45) is 3.46. The number of aryl methyl sites for hydroxylation is 2. The Bertz CT molecular complexity index is 639. The van der Waals surface area contributed by atoms with Gasteiger partial charge >= 0.3 is 0 Å². The molecule has 6 nitrogen and oxygen atoms in total. The number of furan rings is 1. The van der Waals surface area contributed by atoms with Crippen LogP contribution in [-0.2, 0) is 4.79 Å². The lowest BCUT2D eigenvalue weighted by molar-refractivity contribution is -0.127. The highest BCUT2D eigenvalue weighted by Crippen LogP contribution is 2.30. The van der Waals surface area contributed by atoms with Gasteiger partial charge in [-0.25, -0.2) is 0 Å². The highest BCUT2D eigenvalue weighted by Gasteiger charge is 2.41. The minimum Gasteiger partial charge on any atom is -0.466 e. The Morgan fingerprint density at radius 3 is 2.65 bits per heavy atom. The molecular formula is C16H20N2O4S. The van der Waals surface area contributed by atoms with Gasteiger partial charge in [0.25, 0.3) is 11.1 Å². The first-order valence-corrected chi connectivity index (χ1v) is 8.82. The van der Waals surface area contributed by atoms with Gasteiger partial charge in [-0.2, -0.15) is 0 Å². The molecule has 2 aliphatic rings. The van der Waals surface area contributed by atoms with Crippen LogP contribution >= 0.6 is 11.8 Å². The van der Waals surface area contributed by atoms with Gasteiger partial charge < -0.3 is 9.73 Å². The molecule has 3 rings (SSSR count). The van der Waals surface area contributed by atoms with Gasteiger partial charge in [0, 0.05) is 0 Å². The summed E-state index contributed by atoms with van der Waals surface area (Å²) in [6.45, 7) is 3.55. The molecule has 0 unspecified atom stereocenters. The van der Waals surface area contributed by atoms with E-state index in [1.807, 2.05) is 0 Å². The quantitative estimate of drug-likeness (QED) is 0.918. The predicted octanol–water partition coefficient (Wildman–Crippen LogP) is 2.63. The molecule has 0 bridgehead atoms. The summed E-state index contributed by atoms with van der Waals surface area (Å²) in [5, 5.41) is 2.81. The van der Waals surface area contributed by atoms with Crippen LogP contribution in [0.5, 0.6) is 0 Å². The second kappa shape index (κ2) is 6.39. The maximum Gasteiger partial charge on any atom is 0.289 e. The molecule has 1 aliphatic heterocycles. The van der Waals surface area contributed by atoms with Crippen LogP contribution in [0.25, 0.3) is 0 Å². The summed E-state index contributed by atoms with van der Waals surface area (Å²) < 4.78 is 5.40. The van der Waals surface area contributed by atoms with E-state index in [0.29, 0.717) is 17.1 Å². The number of nitrogens with zero attached hydrogens (tertiary/aromatic N) is 1. The Kier molecular flexibility index (Phi) is 4.48. The van der Waals surface area contributed by atoms with Gasteiger partial charge in [0.15, 0.2) is 0 Å². The zero-order valence-corrected chi connectivity index (χ0v) is 14.1. The Hall–Kier alpha value is -1.76. The van der Waals surface area contributed by atoms with Crippen LogP contribution in [0.3, 0.4) is 0 Å². The summed E-state index contributed by atoms with van der Waals surface area (Å²) >= 11 is 1.04. The van der Waals surface area contributed by atoms with Crippen molar-refractivity contribution in [1.29, 1.82) is 0 Å². The second-order valence-corrected chi connectivity index (χ2v) is 7.00. The molecule has 0 radical (unpaired) electrons. The van der Waals surface area contributed by atoms with Gasteiger partial charge in [-0.15, -0.1) is 0 Å². The molecule has 7 heteroatoms. The fourth-order valence-corrected chi connectivity index (χ4v) is 4.14. The maximum absolute atomic E-state index is 12.5. The van der Waals surface area contributed by atoms with Crippen LogP contribution in [0.4, 0.5) is 4.79 Å². The van der Waals surface area contributed by atoms with Crippen molar-refractivity contribution in [2.45, 2.75) is 51.6 Å².